The van der Waals surface area contributed by atoms with Crippen LogP contribution in [0.25, 0.3) is 10.2 Å². The summed E-state index contributed by atoms with van der Waals surface area (Å²) in [5, 5.41) is 3.96. The number of aromatic nitrogens is 2. The first-order valence-corrected chi connectivity index (χ1v) is 9.23. The highest BCUT2D eigenvalue weighted by Crippen LogP contribution is 2.26. The van der Waals surface area contributed by atoms with Gasteiger partial charge in [0.25, 0.3) is 5.91 Å². The van der Waals surface area contributed by atoms with Crippen LogP contribution in [0, 0.1) is 6.92 Å². The molecule has 3 aromatic rings. The zero-order chi connectivity index (χ0) is 18.3. The number of nitrogens with one attached hydrogen (secondary N) is 1. The lowest BCUT2D eigenvalue weighted by molar-refractivity contribution is -0.129. The summed E-state index contributed by atoms with van der Waals surface area (Å²) in [6.07, 6.45) is 4.01. The summed E-state index contributed by atoms with van der Waals surface area (Å²) in [7, 11) is 0. The standard InChI is InChI=1S/C19H18N4O2S/c1-11-21-17-4-3-14(7-18(17)26-11)22-19(25)16-9-20-8-13-10-23(12(2)24)6-5-15(13)16/h3-4,7-9H,5-6,10H2,1-2H3,(H,22,25). The maximum atomic E-state index is 12.8. The number of nitrogens with zero attached hydrogens (tertiary/aromatic N) is 3. The van der Waals surface area contributed by atoms with Crippen molar-refractivity contribution in [3.05, 3.63) is 52.3 Å². The SMILES string of the molecule is CC(=O)N1CCc2c(cncc2C(=O)Nc2ccc3nc(C)sc3c2)C1. The molecule has 1 aliphatic heterocycles. The molecule has 1 aromatic carbocycles. The molecule has 1 N–H and O–H groups in total. The Morgan fingerprint density at radius 1 is 1.27 bits per heavy atom. The van der Waals surface area contributed by atoms with Crippen LogP contribution in [-0.2, 0) is 17.8 Å². The van der Waals surface area contributed by atoms with Gasteiger partial charge in [0.2, 0.25) is 5.91 Å². The number of anilines is 1. The molecule has 0 fully saturated rings. The number of fused-ring (bicyclic) bond motifs is 2. The van der Waals surface area contributed by atoms with Gasteiger partial charge in [0.1, 0.15) is 0 Å². The molecule has 2 aromatic heterocycles. The number of rotatable bonds is 2. The molecule has 0 atom stereocenters. The first kappa shape index (κ1) is 16.7. The number of hydrogen-bond donors (Lipinski definition) is 1. The van der Waals surface area contributed by atoms with Crippen molar-refractivity contribution >= 4 is 39.1 Å². The monoisotopic (exact) mass is 366 g/mol. The number of pyridine rings is 1. The van der Waals surface area contributed by atoms with Crippen molar-refractivity contribution in [2.45, 2.75) is 26.8 Å². The van der Waals surface area contributed by atoms with E-state index in [-0.39, 0.29) is 11.8 Å². The lowest BCUT2D eigenvalue weighted by Crippen LogP contribution is -2.35. The number of hydrogen-bond acceptors (Lipinski definition) is 5. The summed E-state index contributed by atoms with van der Waals surface area (Å²) in [5.41, 5.74) is 4.17. The van der Waals surface area contributed by atoms with E-state index in [1.807, 2.05) is 25.1 Å². The van der Waals surface area contributed by atoms with E-state index in [4.69, 9.17) is 0 Å². The number of aryl methyl sites for hydroxylation is 1. The predicted molar refractivity (Wildman–Crippen MR) is 101 cm³/mol. The molecule has 0 saturated carbocycles. The smallest absolute Gasteiger partial charge is 0.257 e. The van der Waals surface area contributed by atoms with Gasteiger partial charge in [-0.3, -0.25) is 14.6 Å². The second-order valence-corrected chi connectivity index (χ2v) is 7.62. The Balaban J connectivity index is 1.60. The van der Waals surface area contributed by atoms with Crippen LogP contribution >= 0.6 is 11.3 Å². The number of benzene rings is 1. The molecule has 0 bridgehead atoms. The highest BCUT2D eigenvalue weighted by Gasteiger charge is 2.23. The third-order valence-corrected chi connectivity index (χ3v) is 5.52. The Hall–Kier alpha value is -2.80. The lowest BCUT2D eigenvalue weighted by atomic mass is 9.96. The van der Waals surface area contributed by atoms with E-state index in [9.17, 15) is 9.59 Å². The van der Waals surface area contributed by atoms with Gasteiger partial charge >= 0.3 is 0 Å². The van der Waals surface area contributed by atoms with E-state index in [0.29, 0.717) is 25.1 Å². The fourth-order valence-corrected chi connectivity index (χ4v) is 4.14. The first-order chi connectivity index (χ1) is 12.5. The topological polar surface area (TPSA) is 75.2 Å². The van der Waals surface area contributed by atoms with Gasteiger partial charge in [-0.25, -0.2) is 4.98 Å². The minimum Gasteiger partial charge on any atom is -0.338 e. The summed E-state index contributed by atoms with van der Waals surface area (Å²) in [4.78, 5) is 34.8. The van der Waals surface area contributed by atoms with Crippen LogP contribution in [0.2, 0.25) is 0 Å². The van der Waals surface area contributed by atoms with Gasteiger partial charge < -0.3 is 10.2 Å². The van der Waals surface area contributed by atoms with Gasteiger partial charge in [-0.2, -0.15) is 0 Å². The fraction of sp³-hybridized carbons (Fsp3) is 0.263. The normalized spacial score (nSPS) is 13.5. The van der Waals surface area contributed by atoms with Crippen molar-refractivity contribution in [2.75, 3.05) is 11.9 Å². The Labute approximate surface area is 154 Å². The fourth-order valence-electron chi connectivity index (χ4n) is 3.27. The molecule has 0 unspecified atom stereocenters. The Morgan fingerprint density at radius 2 is 2.12 bits per heavy atom. The third-order valence-electron chi connectivity index (χ3n) is 4.58. The highest BCUT2D eigenvalue weighted by atomic mass is 32.1. The molecule has 3 heterocycles. The van der Waals surface area contributed by atoms with Gasteiger partial charge in [-0.1, -0.05) is 0 Å². The zero-order valence-corrected chi connectivity index (χ0v) is 15.4. The van der Waals surface area contributed by atoms with Crippen LogP contribution in [0.15, 0.2) is 30.6 Å². The summed E-state index contributed by atoms with van der Waals surface area (Å²) < 4.78 is 1.05. The average Bonchev–Trinajstić information content (AvgIpc) is 2.99. The average molecular weight is 366 g/mol. The Morgan fingerprint density at radius 3 is 2.92 bits per heavy atom. The minimum atomic E-state index is -0.175. The number of amides is 2. The molecule has 4 rings (SSSR count). The summed E-state index contributed by atoms with van der Waals surface area (Å²) in [5.74, 6) is -0.134. The molecule has 0 spiro atoms. The summed E-state index contributed by atoms with van der Waals surface area (Å²) in [6.45, 7) is 4.66. The second kappa shape index (κ2) is 6.49. The van der Waals surface area contributed by atoms with Gasteiger partial charge in [0, 0.05) is 38.1 Å². The number of carbonyl (C=O) groups is 2. The van der Waals surface area contributed by atoms with E-state index in [2.05, 4.69) is 15.3 Å². The van der Waals surface area contributed by atoms with Gasteiger partial charge in [-0.15, -0.1) is 11.3 Å². The molecule has 0 aliphatic carbocycles. The van der Waals surface area contributed by atoms with Gasteiger partial charge in [0.05, 0.1) is 20.8 Å². The quantitative estimate of drug-likeness (QED) is 0.756. The number of carbonyl (C=O) groups excluding carboxylic acids is 2. The van der Waals surface area contributed by atoms with E-state index >= 15 is 0 Å². The van der Waals surface area contributed by atoms with E-state index < -0.39 is 0 Å². The molecule has 132 valence electrons. The van der Waals surface area contributed by atoms with E-state index in [1.165, 1.54) is 0 Å². The number of thiazole rings is 1. The molecule has 2 amide bonds. The summed E-state index contributed by atoms with van der Waals surface area (Å²) >= 11 is 1.60. The highest BCUT2D eigenvalue weighted by molar-refractivity contribution is 7.18. The van der Waals surface area contributed by atoms with Crippen molar-refractivity contribution in [2.24, 2.45) is 0 Å². The van der Waals surface area contributed by atoms with Crippen LogP contribution in [0.5, 0.6) is 0 Å². The molecule has 0 saturated heterocycles. The van der Waals surface area contributed by atoms with Gasteiger partial charge in [-0.05, 0) is 42.7 Å². The third kappa shape index (κ3) is 3.06. The van der Waals surface area contributed by atoms with Crippen LogP contribution in [-0.4, -0.2) is 33.2 Å². The molecular formula is C19H18N4O2S. The first-order valence-electron chi connectivity index (χ1n) is 8.41. The molecule has 6 nitrogen and oxygen atoms in total. The maximum Gasteiger partial charge on any atom is 0.257 e. The van der Waals surface area contributed by atoms with Crippen molar-refractivity contribution in [3.63, 3.8) is 0 Å². The predicted octanol–water partition coefficient (Wildman–Crippen LogP) is 3.16. The van der Waals surface area contributed by atoms with Crippen LogP contribution in [0.3, 0.4) is 0 Å². The second-order valence-electron chi connectivity index (χ2n) is 6.38. The Kier molecular flexibility index (Phi) is 4.16. The van der Waals surface area contributed by atoms with E-state index in [0.717, 1.165) is 32.0 Å². The van der Waals surface area contributed by atoms with E-state index in [1.54, 1.807) is 35.6 Å². The van der Waals surface area contributed by atoms with Crippen molar-refractivity contribution < 1.29 is 9.59 Å². The lowest BCUT2D eigenvalue weighted by Gasteiger charge is -2.28. The van der Waals surface area contributed by atoms with Crippen LogP contribution < -0.4 is 5.32 Å². The molecular weight excluding hydrogens is 348 g/mol. The molecule has 0 radical (unpaired) electrons. The maximum absolute atomic E-state index is 12.8. The molecule has 7 heteroatoms. The van der Waals surface area contributed by atoms with Crippen molar-refractivity contribution in [3.8, 4) is 0 Å². The Bertz CT molecular complexity index is 1030. The van der Waals surface area contributed by atoms with Crippen molar-refractivity contribution in [1.29, 1.82) is 0 Å². The summed E-state index contributed by atoms with van der Waals surface area (Å²) in [6, 6.07) is 5.72. The molecule has 26 heavy (non-hydrogen) atoms. The minimum absolute atomic E-state index is 0.0404. The molecule has 1 aliphatic rings. The largest absolute Gasteiger partial charge is 0.338 e. The zero-order valence-electron chi connectivity index (χ0n) is 14.6. The van der Waals surface area contributed by atoms with Crippen LogP contribution in [0.1, 0.15) is 33.4 Å². The van der Waals surface area contributed by atoms with Crippen molar-refractivity contribution in [1.82, 2.24) is 14.9 Å². The van der Waals surface area contributed by atoms with Crippen LogP contribution in [0.4, 0.5) is 5.69 Å². The van der Waals surface area contributed by atoms with Gasteiger partial charge in [0.15, 0.2) is 0 Å².